The van der Waals surface area contributed by atoms with Gasteiger partial charge in [-0.1, -0.05) is 6.07 Å². The third-order valence-corrected chi connectivity index (χ3v) is 3.01. The first-order valence-electron chi connectivity index (χ1n) is 3.89. The minimum Gasteiger partial charge on any atom is -0.398 e. The lowest BCUT2D eigenvalue weighted by Crippen LogP contribution is -1.88. The van der Waals surface area contributed by atoms with Crippen LogP contribution in [0.5, 0.6) is 0 Å². The summed E-state index contributed by atoms with van der Waals surface area (Å²) >= 11 is 1.45. The third kappa shape index (κ3) is 1.24. The lowest BCUT2D eigenvalue weighted by atomic mass is 10.1. The van der Waals surface area contributed by atoms with Crippen molar-refractivity contribution >= 4 is 32.1 Å². The van der Waals surface area contributed by atoms with E-state index in [-0.39, 0.29) is 6.61 Å². The zero-order valence-electron chi connectivity index (χ0n) is 6.95. The molecule has 0 bridgehead atoms. The highest BCUT2D eigenvalue weighted by molar-refractivity contribution is 7.23. The number of anilines is 2. The van der Waals surface area contributed by atoms with Crippen molar-refractivity contribution in [3.8, 4) is 0 Å². The van der Waals surface area contributed by atoms with Gasteiger partial charge in [0.2, 0.25) is 0 Å². The second kappa shape index (κ2) is 2.90. The zero-order valence-corrected chi connectivity index (χ0v) is 7.77. The average Bonchev–Trinajstić information content (AvgIpc) is 2.48. The van der Waals surface area contributed by atoms with Crippen LogP contribution in [-0.2, 0) is 6.61 Å². The SMILES string of the molecule is Nc1cc2c(CO)ccc(N)c2s1. The van der Waals surface area contributed by atoms with E-state index < -0.39 is 0 Å². The van der Waals surface area contributed by atoms with Crippen molar-refractivity contribution in [3.05, 3.63) is 23.8 Å². The largest absolute Gasteiger partial charge is 0.398 e. The van der Waals surface area contributed by atoms with Gasteiger partial charge in [0.1, 0.15) is 0 Å². The zero-order chi connectivity index (χ0) is 9.42. The molecule has 0 aliphatic rings. The molecule has 0 saturated heterocycles. The Kier molecular flexibility index (Phi) is 1.86. The summed E-state index contributed by atoms with van der Waals surface area (Å²) < 4.78 is 0.962. The Balaban J connectivity index is 2.83. The van der Waals surface area contributed by atoms with Crippen molar-refractivity contribution in [2.24, 2.45) is 0 Å². The average molecular weight is 194 g/mol. The van der Waals surface area contributed by atoms with Crippen LogP contribution in [0.15, 0.2) is 18.2 Å². The Hall–Kier alpha value is -1.26. The van der Waals surface area contributed by atoms with Gasteiger partial charge in [0.15, 0.2) is 0 Å². The number of hydrogen-bond acceptors (Lipinski definition) is 4. The molecule has 2 rings (SSSR count). The minimum atomic E-state index is 0.0208. The van der Waals surface area contributed by atoms with Gasteiger partial charge in [0.05, 0.1) is 16.3 Å². The van der Waals surface area contributed by atoms with E-state index in [1.807, 2.05) is 12.1 Å². The van der Waals surface area contributed by atoms with Gasteiger partial charge in [-0.3, -0.25) is 0 Å². The summed E-state index contributed by atoms with van der Waals surface area (Å²) in [6.07, 6.45) is 0. The molecule has 0 amide bonds. The second-order valence-corrected chi connectivity index (χ2v) is 3.95. The lowest BCUT2D eigenvalue weighted by Gasteiger charge is -2.00. The van der Waals surface area contributed by atoms with Gasteiger partial charge in [0.25, 0.3) is 0 Å². The van der Waals surface area contributed by atoms with E-state index in [4.69, 9.17) is 16.6 Å². The first kappa shape index (κ1) is 8.34. The quantitative estimate of drug-likeness (QED) is 0.603. The molecule has 4 heteroatoms. The number of aliphatic hydroxyl groups excluding tert-OH is 1. The summed E-state index contributed by atoms with van der Waals surface area (Å²) in [5.41, 5.74) is 13.0. The topological polar surface area (TPSA) is 72.3 Å². The van der Waals surface area contributed by atoms with E-state index in [0.29, 0.717) is 5.69 Å². The molecule has 0 aliphatic carbocycles. The van der Waals surface area contributed by atoms with Gasteiger partial charge < -0.3 is 16.6 Å². The molecule has 1 aromatic carbocycles. The molecule has 0 atom stereocenters. The number of thiophene rings is 1. The summed E-state index contributed by atoms with van der Waals surface area (Å²) in [5.74, 6) is 0. The molecule has 0 fully saturated rings. The van der Waals surface area contributed by atoms with E-state index in [1.165, 1.54) is 11.3 Å². The van der Waals surface area contributed by atoms with Crippen LogP contribution < -0.4 is 11.5 Å². The predicted octanol–water partition coefficient (Wildman–Crippen LogP) is 1.56. The van der Waals surface area contributed by atoms with Gasteiger partial charge >= 0.3 is 0 Å². The second-order valence-electron chi connectivity index (χ2n) is 2.86. The van der Waals surface area contributed by atoms with Crippen molar-refractivity contribution < 1.29 is 5.11 Å². The van der Waals surface area contributed by atoms with Crippen LogP contribution in [0.4, 0.5) is 10.7 Å². The number of hydrogen-bond donors (Lipinski definition) is 3. The highest BCUT2D eigenvalue weighted by Crippen LogP contribution is 2.34. The number of aliphatic hydroxyl groups is 1. The van der Waals surface area contributed by atoms with E-state index in [0.717, 1.165) is 20.7 Å². The van der Waals surface area contributed by atoms with Crippen LogP contribution in [0.25, 0.3) is 10.1 Å². The molecule has 0 spiro atoms. The van der Waals surface area contributed by atoms with Gasteiger partial charge in [0, 0.05) is 11.1 Å². The summed E-state index contributed by atoms with van der Waals surface area (Å²) in [7, 11) is 0. The Morgan fingerprint density at radius 1 is 1.31 bits per heavy atom. The van der Waals surface area contributed by atoms with Crippen molar-refractivity contribution in [1.82, 2.24) is 0 Å². The number of nitrogens with two attached hydrogens (primary N) is 2. The molecule has 1 heterocycles. The fraction of sp³-hybridized carbons (Fsp3) is 0.111. The van der Waals surface area contributed by atoms with Crippen LogP contribution in [0.2, 0.25) is 0 Å². The molecule has 13 heavy (non-hydrogen) atoms. The molecular weight excluding hydrogens is 184 g/mol. The van der Waals surface area contributed by atoms with E-state index in [1.54, 1.807) is 6.07 Å². The maximum Gasteiger partial charge on any atom is 0.0869 e. The van der Waals surface area contributed by atoms with Crippen LogP contribution >= 0.6 is 11.3 Å². The number of fused-ring (bicyclic) bond motifs is 1. The van der Waals surface area contributed by atoms with Crippen LogP contribution in [0.1, 0.15) is 5.56 Å². The van der Waals surface area contributed by atoms with E-state index >= 15 is 0 Å². The summed E-state index contributed by atoms with van der Waals surface area (Å²) in [4.78, 5) is 0. The molecule has 0 unspecified atom stereocenters. The first-order valence-corrected chi connectivity index (χ1v) is 4.71. The third-order valence-electron chi connectivity index (χ3n) is 1.99. The first-order chi connectivity index (χ1) is 6.22. The molecule has 68 valence electrons. The van der Waals surface area contributed by atoms with Crippen LogP contribution in [0.3, 0.4) is 0 Å². The van der Waals surface area contributed by atoms with Crippen molar-refractivity contribution in [3.63, 3.8) is 0 Å². The maximum atomic E-state index is 9.06. The molecule has 0 radical (unpaired) electrons. The van der Waals surface area contributed by atoms with Gasteiger partial charge in [-0.05, 0) is 17.7 Å². The molecule has 3 nitrogen and oxygen atoms in total. The van der Waals surface area contributed by atoms with Crippen molar-refractivity contribution in [1.29, 1.82) is 0 Å². The number of rotatable bonds is 1. The van der Waals surface area contributed by atoms with E-state index in [9.17, 15) is 0 Å². The van der Waals surface area contributed by atoms with Gasteiger partial charge in [-0.15, -0.1) is 11.3 Å². The Bertz CT molecular complexity index is 450. The Morgan fingerprint density at radius 2 is 2.08 bits per heavy atom. The standard InChI is InChI=1S/C9H10N2OS/c10-7-2-1-5(4-12)6-3-8(11)13-9(6)7/h1-3,12H,4,10-11H2. The Morgan fingerprint density at radius 3 is 2.77 bits per heavy atom. The minimum absolute atomic E-state index is 0.0208. The fourth-order valence-corrected chi connectivity index (χ4v) is 2.26. The van der Waals surface area contributed by atoms with Crippen molar-refractivity contribution in [2.75, 3.05) is 11.5 Å². The smallest absolute Gasteiger partial charge is 0.0869 e. The van der Waals surface area contributed by atoms with E-state index in [2.05, 4.69) is 0 Å². The molecular formula is C9H10N2OS. The normalized spacial score (nSPS) is 10.8. The summed E-state index contributed by atoms with van der Waals surface area (Å²) in [6.45, 7) is 0.0208. The molecule has 1 aromatic heterocycles. The monoisotopic (exact) mass is 194 g/mol. The molecule has 0 saturated carbocycles. The molecule has 0 aliphatic heterocycles. The lowest BCUT2D eigenvalue weighted by molar-refractivity contribution is 0.283. The van der Waals surface area contributed by atoms with Gasteiger partial charge in [-0.25, -0.2) is 0 Å². The summed E-state index contributed by atoms with van der Waals surface area (Å²) in [5, 5.41) is 10.7. The number of nitrogen functional groups attached to an aromatic ring is 2. The molecule has 5 N–H and O–H groups in total. The van der Waals surface area contributed by atoms with Gasteiger partial charge in [-0.2, -0.15) is 0 Å². The van der Waals surface area contributed by atoms with Crippen LogP contribution in [-0.4, -0.2) is 5.11 Å². The van der Waals surface area contributed by atoms with Crippen molar-refractivity contribution in [2.45, 2.75) is 6.61 Å². The predicted molar refractivity (Wildman–Crippen MR) is 56.6 cm³/mol. The highest BCUT2D eigenvalue weighted by Gasteiger charge is 2.06. The highest BCUT2D eigenvalue weighted by atomic mass is 32.1. The molecule has 2 aromatic rings. The fourth-order valence-electron chi connectivity index (χ4n) is 1.36. The number of benzene rings is 1. The maximum absolute atomic E-state index is 9.06. The Labute approximate surface area is 79.6 Å². The van der Waals surface area contributed by atoms with Crippen LogP contribution in [0, 0.1) is 0 Å². The summed E-state index contributed by atoms with van der Waals surface area (Å²) in [6, 6.07) is 5.47.